The molecule has 4 rings (SSSR count). The van der Waals surface area contributed by atoms with Crippen LogP contribution < -0.4 is 10.7 Å². The maximum atomic E-state index is 13.0. The average Bonchev–Trinajstić information content (AvgIpc) is 2.85. The van der Waals surface area contributed by atoms with E-state index in [0.717, 1.165) is 19.3 Å². The van der Waals surface area contributed by atoms with Gasteiger partial charge >= 0.3 is 0 Å². The normalized spacial score (nSPS) is 25.1. The SMILES string of the molecule is CCCn1nc(C(=O)NC2C[C@H]3CC[C@@H](C2)N3C)c(=O)c2c(Cl)cccc21. The van der Waals surface area contributed by atoms with Gasteiger partial charge in [-0.15, -0.1) is 0 Å². The first-order valence-corrected chi connectivity index (χ1v) is 10.1. The van der Waals surface area contributed by atoms with Gasteiger partial charge in [-0.25, -0.2) is 0 Å². The Morgan fingerprint density at radius 1 is 1.30 bits per heavy atom. The minimum atomic E-state index is -0.392. The number of benzene rings is 1. The molecule has 144 valence electrons. The van der Waals surface area contributed by atoms with Gasteiger partial charge in [0, 0.05) is 24.7 Å². The zero-order chi connectivity index (χ0) is 19.1. The summed E-state index contributed by atoms with van der Waals surface area (Å²) in [5, 5.41) is 8.18. The average molecular weight is 389 g/mol. The van der Waals surface area contributed by atoms with Crippen molar-refractivity contribution in [3.05, 3.63) is 39.1 Å². The molecule has 0 saturated carbocycles. The molecule has 1 aromatic heterocycles. The lowest BCUT2D eigenvalue weighted by molar-refractivity contribution is 0.0874. The predicted molar refractivity (Wildman–Crippen MR) is 106 cm³/mol. The summed E-state index contributed by atoms with van der Waals surface area (Å²) >= 11 is 6.29. The Morgan fingerprint density at radius 3 is 2.67 bits per heavy atom. The topological polar surface area (TPSA) is 67.2 Å². The minimum absolute atomic E-state index is 0.0599. The number of rotatable bonds is 4. The Balaban J connectivity index is 1.67. The highest BCUT2D eigenvalue weighted by molar-refractivity contribution is 6.35. The van der Waals surface area contributed by atoms with E-state index < -0.39 is 5.43 Å². The van der Waals surface area contributed by atoms with Crippen LogP contribution in [0.15, 0.2) is 23.0 Å². The molecule has 3 heterocycles. The summed E-state index contributed by atoms with van der Waals surface area (Å²) < 4.78 is 1.72. The highest BCUT2D eigenvalue weighted by atomic mass is 35.5. The van der Waals surface area contributed by atoms with Crippen LogP contribution >= 0.6 is 11.6 Å². The molecule has 0 spiro atoms. The number of hydrogen-bond acceptors (Lipinski definition) is 4. The maximum Gasteiger partial charge on any atom is 0.276 e. The molecule has 1 amide bonds. The number of hydrogen-bond donors (Lipinski definition) is 1. The molecule has 0 aliphatic carbocycles. The third kappa shape index (κ3) is 3.25. The summed E-state index contributed by atoms with van der Waals surface area (Å²) in [7, 11) is 2.16. The van der Waals surface area contributed by atoms with E-state index in [1.807, 2.05) is 13.0 Å². The molecule has 2 aliphatic rings. The van der Waals surface area contributed by atoms with E-state index in [1.54, 1.807) is 16.8 Å². The lowest BCUT2D eigenvalue weighted by Gasteiger charge is -2.36. The van der Waals surface area contributed by atoms with Crippen molar-refractivity contribution in [2.75, 3.05) is 7.05 Å². The number of halogens is 1. The predicted octanol–water partition coefficient (Wildman–Crippen LogP) is 2.81. The highest BCUT2D eigenvalue weighted by Gasteiger charge is 2.39. The van der Waals surface area contributed by atoms with Gasteiger partial charge in [-0.2, -0.15) is 5.10 Å². The fourth-order valence-corrected chi connectivity index (χ4v) is 4.86. The summed E-state index contributed by atoms with van der Waals surface area (Å²) in [6.45, 7) is 2.65. The quantitative estimate of drug-likeness (QED) is 0.874. The Bertz CT molecular complexity index is 927. The number of aromatic nitrogens is 2. The summed E-state index contributed by atoms with van der Waals surface area (Å²) in [5.74, 6) is -0.388. The fraction of sp³-hybridized carbons (Fsp3) is 0.550. The van der Waals surface area contributed by atoms with Crippen molar-refractivity contribution in [2.45, 2.75) is 63.7 Å². The van der Waals surface area contributed by atoms with Crippen molar-refractivity contribution in [1.82, 2.24) is 20.0 Å². The summed E-state index contributed by atoms with van der Waals surface area (Å²) in [6, 6.07) is 6.43. The first-order chi connectivity index (χ1) is 13.0. The lowest BCUT2D eigenvalue weighted by atomic mass is 9.98. The van der Waals surface area contributed by atoms with Crippen molar-refractivity contribution in [3.8, 4) is 0 Å². The molecule has 1 unspecified atom stereocenters. The van der Waals surface area contributed by atoms with E-state index >= 15 is 0 Å². The van der Waals surface area contributed by atoms with Crippen LogP contribution in [-0.2, 0) is 6.54 Å². The lowest BCUT2D eigenvalue weighted by Crippen LogP contribution is -2.49. The van der Waals surface area contributed by atoms with E-state index in [-0.39, 0.29) is 17.6 Å². The molecular formula is C20H25ClN4O2. The Hall–Kier alpha value is -1.92. The molecule has 1 N–H and O–H groups in total. The molecule has 7 heteroatoms. The van der Waals surface area contributed by atoms with Crippen LogP contribution in [0.4, 0.5) is 0 Å². The minimum Gasteiger partial charge on any atom is -0.348 e. The van der Waals surface area contributed by atoms with Crippen molar-refractivity contribution in [3.63, 3.8) is 0 Å². The van der Waals surface area contributed by atoms with Crippen molar-refractivity contribution in [1.29, 1.82) is 0 Å². The van der Waals surface area contributed by atoms with Gasteiger partial charge in [0.05, 0.1) is 15.9 Å². The van der Waals surface area contributed by atoms with E-state index in [2.05, 4.69) is 22.4 Å². The van der Waals surface area contributed by atoms with E-state index in [1.165, 1.54) is 12.8 Å². The second kappa shape index (κ2) is 7.24. The third-order valence-electron chi connectivity index (χ3n) is 6.02. The van der Waals surface area contributed by atoms with Crippen LogP contribution in [0.5, 0.6) is 0 Å². The second-order valence-corrected chi connectivity index (χ2v) is 8.13. The zero-order valence-corrected chi connectivity index (χ0v) is 16.5. The van der Waals surface area contributed by atoms with Gasteiger partial charge < -0.3 is 10.2 Å². The van der Waals surface area contributed by atoms with Gasteiger partial charge in [0.25, 0.3) is 5.91 Å². The second-order valence-electron chi connectivity index (χ2n) is 7.73. The zero-order valence-electron chi connectivity index (χ0n) is 15.7. The highest BCUT2D eigenvalue weighted by Crippen LogP contribution is 2.34. The van der Waals surface area contributed by atoms with Crippen molar-refractivity contribution >= 4 is 28.4 Å². The fourth-order valence-electron chi connectivity index (χ4n) is 4.60. The Kier molecular flexibility index (Phi) is 4.95. The number of carbonyl (C=O) groups excluding carboxylic acids is 1. The first-order valence-electron chi connectivity index (χ1n) is 9.71. The van der Waals surface area contributed by atoms with Gasteiger partial charge in [-0.05, 0) is 51.3 Å². The molecule has 2 bridgehead atoms. The Morgan fingerprint density at radius 2 is 2.00 bits per heavy atom. The molecule has 27 heavy (non-hydrogen) atoms. The van der Waals surface area contributed by atoms with Crippen LogP contribution in [0.25, 0.3) is 10.9 Å². The molecule has 2 fully saturated rings. The van der Waals surface area contributed by atoms with E-state index in [0.29, 0.717) is 34.6 Å². The monoisotopic (exact) mass is 388 g/mol. The van der Waals surface area contributed by atoms with Gasteiger partial charge in [-0.1, -0.05) is 24.6 Å². The van der Waals surface area contributed by atoms with Crippen LogP contribution in [-0.4, -0.2) is 45.8 Å². The van der Waals surface area contributed by atoms with Gasteiger partial charge in [0.2, 0.25) is 5.43 Å². The molecule has 0 radical (unpaired) electrons. The first kappa shape index (κ1) is 18.4. The summed E-state index contributed by atoms with van der Waals surface area (Å²) in [5.41, 5.74) is 0.218. The third-order valence-corrected chi connectivity index (χ3v) is 6.33. The number of fused-ring (bicyclic) bond motifs is 3. The van der Waals surface area contributed by atoms with Gasteiger partial charge in [0.15, 0.2) is 5.69 Å². The molecule has 6 nitrogen and oxygen atoms in total. The number of nitrogens with zero attached hydrogens (tertiary/aromatic N) is 3. The van der Waals surface area contributed by atoms with Crippen LogP contribution in [0, 0.1) is 0 Å². The van der Waals surface area contributed by atoms with Crippen molar-refractivity contribution in [2.24, 2.45) is 0 Å². The number of aryl methyl sites for hydroxylation is 1. The van der Waals surface area contributed by atoms with Gasteiger partial charge in [-0.3, -0.25) is 14.3 Å². The summed E-state index contributed by atoms with van der Waals surface area (Å²) in [6.07, 6.45) is 5.06. The van der Waals surface area contributed by atoms with E-state index in [4.69, 9.17) is 11.6 Å². The number of nitrogens with one attached hydrogen (secondary N) is 1. The van der Waals surface area contributed by atoms with Crippen LogP contribution in [0.2, 0.25) is 5.02 Å². The smallest absolute Gasteiger partial charge is 0.276 e. The van der Waals surface area contributed by atoms with Crippen molar-refractivity contribution < 1.29 is 4.79 Å². The standard InChI is InChI=1S/C20H25ClN4O2/c1-3-9-25-16-6-4-5-15(21)17(16)19(26)18(23-25)20(27)22-12-10-13-7-8-14(11-12)24(13)2/h4-6,12-14H,3,7-11H2,1-2H3,(H,22,27)/t12?,13-,14+. The largest absolute Gasteiger partial charge is 0.348 e. The van der Waals surface area contributed by atoms with Crippen LogP contribution in [0.3, 0.4) is 0 Å². The number of carbonyl (C=O) groups is 1. The molecule has 2 saturated heterocycles. The molecule has 2 aliphatic heterocycles. The number of amides is 1. The van der Waals surface area contributed by atoms with Gasteiger partial charge in [0.1, 0.15) is 0 Å². The molecule has 3 atom stereocenters. The van der Waals surface area contributed by atoms with E-state index in [9.17, 15) is 9.59 Å². The maximum absolute atomic E-state index is 13.0. The molecule has 1 aromatic carbocycles. The summed E-state index contributed by atoms with van der Waals surface area (Å²) in [4.78, 5) is 28.3. The van der Waals surface area contributed by atoms with Crippen LogP contribution in [0.1, 0.15) is 49.5 Å². The number of piperidine rings is 1. The Labute approximate surface area is 163 Å². The molecule has 2 aromatic rings. The molecular weight excluding hydrogens is 364 g/mol.